The molecule has 0 unspecified atom stereocenters. The highest BCUT2D eigenvalue weighted by molar-refractivity contribution is 5.66. The second-order valence-corrected chi connectivity index (χ2v) is 3.09. The Hall–Kier alpha value is -0.770. The second-order valence-electron chi connectivity index (χ2n) is 3.09. The summed E-state index contributed by atoms with van der Waals surface area (Å²) in [5.74, 6) is 0. The molecule has 0 aromatic heterocycles. The average molecular weight is 159 g/mol. The van der Waals surface area contributed by atoms with Gasteiger partial charge in [-0.1, -0.05) is 0 Å². The third kappa shape index (κ3) is 7.12. The molecule has 0 rings (SSSR count). The lowest BCUT2D eigenvalue weighted by Gasteiger charge is -2.18. The van der Waals surface area contributed by atoms with E-state index in [9.17, 15) is 4.79 Å². The van der Waals surface area contributed by atoms with Crippen molar-refractivity contribution in [3.8, 4) is 0 Å². The summed E-state index contributed by atoms with van der Waals surface area (Å²) in [5, 5.41) is 0. The van der Waals surface area contributed by atoms with Crippen molar-refractivity contribution in [2.75, 3.05) is 6.54 Å². The fraction of sp³-hybridized carbons (Fsp3) is 0.857. The van der Waals surface area contributed by atoms with Crippen molar-refractivity contribution in [1.29, 1.82) is 0 Å². The van der Waals surface area contributed by atoms with E-state index in [4.69, 9.17) is 4.74 Å². The minimum atomic E-state index is -0.501. The van der Waals surface area contributed by atoms with Gasteiger partial charge in [0.2, 0.25) is 0 Å². The van der Waals surface area contributed by atoms with Crippen LogP contribution in [0, 0.1) is 0 Å². The Morgan fingerprint density at radius 1 is 1.55 bits per heavy atom. The number of carbonyl (C=O) groups excluding carboxylic acids is 1. The molecule has 4 heteroatoms. The van der Waals surface area contributed by atoms with Gasteiger partial charge in [0, 0.05) is 6.54 Å². The molecule has 0 aromatic carbocycles. The highest BCUT2D eigenvalue weighted by Gasteiger charge is 2.15. The molecule has 0 saturated carbocycles. The Bertz CT molecular complexity index is 129. The zero-order valence-electron chi connectivity index (χ0n) is 7.47. The number of hydrogen-bond acceptors (Lipinski definition) is 2. The molecule has 11 heavy (non-hydrogen) atoms. The zero-order valence-corrected chi connectivity index (χ0v) is 7.47. The van der Waals surface area contributed by atoms with Crippen LogP contribution in [0.15, 0.2) is 0 Å². The highest BCUT2D eigenvalue weighted by atomic mass is 16.6. The van der Waals surface area contributed by atoms with Crippen molar-refractivity contribution >= 4 is 6.09 Å². The molecule has 0 bridgehead atoms. The number of amides is 1. The van der Waals surface area contributed by atoms with Gasteiger partial charge in [0.1, 0.15) is 5.60 Å². The van der Waals surface area contributed by atoms with E-state index in [2.05, 4.69) is 10.9 Å². The maximum absolute atomic E-state index is 10.8. The van der Waals surface area contributed by atoms with Crippen molar-refractivity contribution in [2.24, 2.45) is 0 Å². The molecule has 0 spiro atoms. The molecule has 1 amide bonds. The topological polar surface area (TPSA) is 52.4 Å². The minimum absolute atomic E-state index is 0.451. The maximum Gasteiger partial charge on any atom is 0.423 e. The molecule has 4 nitrogen and oxygen atoms in total. The van der Waals surface area contributed by atoms with E-state index in [1.165, 1.54) is 0 Å². The van der Waals surface area contributed by atoms with Crippen molar-refractivity contribution in [2.45, 2.75) is 33.3 Å². The summed E-state index contributed by atoms with van der Waals surface area (Å²) in [4.78, 5) is 10.8. The first-order chi connectivity index (χ1) is 4.95. The van der Waals surface area contributed by atoms with E-state index >= 15 is 0 Å². The van der Waals surface area contributed by atoms with Gasteiger partial charge in [0.25, 0.3) is 0 Å². The van der Waals surface area contributed by atoms with Crippen molar-refractivity contribution in [1.82, 2.24) is 10.9 Å². The molecule has 0 aliphatic heterocycles. The van der Waals surface area contributed by atoms with Gasteiger partial charge in [-0.2, -0.15) is 0 Å². The average Bonchev–Trinajstić information content (AvgIpc) is 1.79. The molecule has 0 saturated heterocycles. The van der Waals surface area contributed by atoms with Gasteiger partial charge >= 0.3 is 6.09 Å². The van der Waals surface area contributed by atoms with E-state index < -0.39 is 11.7 Å². The van der Waals surface area contributed by atoms with Gasteiger partial charge in [0.15, 0.2) is 0 Å². The first kappa shape index (κ1) is 10.2. The number of rotatable bonds is 2. The molecule has 0 heterocycles. The van der Waals surface area contributed by atoms with Gasteiger partial charge in [-0.15, -0.1) is 5.43 Å². The molecule has 0 aliphatic carbocycles. The SMILES string of the molecule is CC[N]NC(=O)OC(C)(C)C. The Kier molecular flexibility index (Phi) is 3.89. The molecule has 65 valence electrons. The zero-order chi connectivity index (χ0) is 8.91. The first-order valence-corrected chi connectivity index (χ1v) is 3.61. The third-order valence-electron chi connectivity index (χ3n) is 0.727. The lowest BCUT2D eigenvalue weighted by Crippen LogP contribution is -2.36. The number of nitrogens with one attached hydrogen (secondary N) is 1. The Morgan fingerprint density at radius 2 is 2.09 bits per heavy atom. The van der Waals surface area contributed by atoms with Gasteiger partial charge in [-0.25, -0.2) is 10.2 Å². The number of nitrogens with zero attached hydrogens (tertiary/aromatic N) is 1. The quantitative estimate of drug-likeness (QED) is 0.612. The summed E-state index contributed by atoms with van der Waals surface area (Å²) in [5.41, 5.74) is 5.43. The summed E-state index contributed by atoms with van der Waals surface area (Å²) in [7, 11) is 0. The van der Waals surface area contributed by atoms with Gasteiger partial charge in [0.05, 0.1) is 0 Å². The predicted octanol–water partition coefficient (Wildman–Crippen LogP) is 1.05. The number of ether oxygens (including phenoxy) is 1. The first-order valence-electron chi connectivity index (χ1n) is 3.61. The summed E-state index contributed by atoms with van der Waals surface area (Å²) < 4.78 is 4.90. The molecule has 1 radical (unpaired) electrons. The van der Waals surface area contributed by atoms with Crippen molar-refractivity contribution in [3.05, 3.63) is 0 Å². The van der Waals surface area contributed by atoms with E-state index in [1.807, 2.05) is 6.92 Å². The smallest absolute Gasteiger partial charge is 0.423 e. The molecule has 0 aromatic rings. The lowest BCUT2D eigenvalue weighted by atomic mass is 10.2. The lowest BCUT2D eigenvalue weighted by molar-refractivity contribution is 0.0497. The molecule has 0 atom stereocenters. The van der Waals surface area contributed by atoms with Crippen LogP contribution in [0.25, 0.3) is 0 Å². The van der Waals surface area contributed by atoms with Gasteiger partial charge in [-0.3, -0.25) is 0 Å². The summed E-state index contributed by atoms with van der Waals surface area (Å²) in [6.45, 7) is 7.80. The third-order valence-corrected chi connectivity index (χ3v) is 0.727. The minimum Gasteiger partial charge on any atom is -0.443 e. The molecular weight excluding hydrogens is 144 g/mol. The van der Waals surface area contributed by atoms with Crippen LogP contribution in [0.1, 0.15) is 27.7 Å². The van der Waals surface area contributed by atoms with Crippen LogP contribution in [0.2, 0.25) is 0 Å². The standard InChI is InChI=1S/C7H15N2O2/c1-5-8-9-6(10)11-7(2,3)4/h5H2,1-4H3,(H,9,10). The van der Waals surface area contributed by atoms with Crippen LogP contribution in [0.4, 0.5) is 4.79 Å². The van der Waals surface area contributed by atoms with Gasteiger partial charge in [-0.05, 0) is 27.7 Å². The molecule has 0 fully saturated rings. The summed E-state index contributed by atoms with van der Waals surface area (Å²) in [6, 6.07) is 0. The summed E-state index contributed by atoms with van der Waals surface area (Å²) >= 11 is 0. The van der Waals surface area contributed by atoms with E-state index in [0.717, 1.165) is 0 Å². The van der Waals surface area contributed by atoms with Crippen LogP contribution in [0.5, 0.6) is 0 Å². The molecule has 1 N–H and O–H groups in total. The normalized spacial score (nSPS) is 10.9. The van der Waals surface area contributed by atoms with E-state index in [0.29, 0.717) is 6.54 Å². The second kappa shape index (κ2) is 4.18. The largest absolute Gasteiger partial charge is 0.443 e. The van der Waals surface area contributed by atoms with Gasteiger partial charge < -0.3 is 4.74 Å². The summed E-state index contributed by atoms with van der Waals surface area (Å²) in [6.07, 6.45) is -0.501. The number of hydrogen-bond donors (Lipinski definition) is 1. The van der Waals surface area contributed by atoms with Crippen molar-refractivity contribution in [3.63, 3.8) is 0 Å². The van der Waals surface area contributed by atoms with Crippen molar-refractivity contribution < 1.29 is 9.53 Å². The van der Waals surface area contributed by atoms with Crippen LogP contribution in [-0.4, -0.2) is 18.2 Å². The highest BCUT2D eigenvalue weighted by Crippen LogP contribution is 2.05. The monoisotopic (exact) mass is 159 g/mol. The maximum atomic E-state index is 10.8. The molecule has 0 aliphatic rings. The Labute approximate surface area is 67.3 Å². The fourth-order valence-corrected chi connectivity index (χ4v) is 0.445. The van der Waals surface area contributed by atoms with Crippen LogP contribution in [0.3, 0.4) is 0 Å². The van der Waals surface area contributed by atoms with Crippen LogP contribution in [-0.2, 0) is 4.74 Å². The van der Waals surface area contributed by atoms with E-state index in [-0.39, 0.29) is 0 Å². The van der Waals surface area contributed by atoms with E-state index in [1.54, 1.807) is 20.8 Å². The number of carbonyl (C=O) groups is 1. The predicted molar refractivity (Wildman–Crippen MR) is 42.0 cm³/mol. The Balaban J connectivity index is 3.53. The van der Waals surface area contributed by atoms with Crippen LogP contribution < -0.4 is 10.9 Å². The van der Waals surface area contributed by atoms with Crippen LogP contribution >= 0.6 is 0 Å². The fourth-order valence-electron chi connectivity index (χ4n) is 0.445. The Morgan fingerprint density at radius 3 is 2.45 bits per heavy atom. The molecular formula is C7H15N2O2.